The van der Waals surface area contributed by atoms with Crippen LogP contribution in [-0.2, 0) is 25.7 Å². The molecular weight excluding hydrogens is 568 g/mol. The number of hydroxylamine groups is 1. The summed E-state index contributed by atoms with van der Waals surface area (Å²) < 4.78 is 18.4. The van der Waals surface area contributed by atoms with Gasteiger partial charge in [-0.15, -0.1) is 11.8 Å². The van der Waals surface area contributed by atoms with E-state index in [1.807, 2.05) is 72.8 Å². The number of unbranched alkanes of at least 4 members (excludes halogenated alkanes) is 3. The lowest BCUT2D eigenvalue weighted by atomic mass is 10.0. The minimum absolute atomic E-state index is 0.00981. The van der Waals surface area contributed by atoms with Crippen molar-refractivity contribution in [2.75, 3.05) is 18.2 Å². The number of carbonyl (C=O) groups is 2. The molecular formula is C33H40N2O7S. The van der Waals surface area contributed by atoms with Gasteiger partial charge in [0.15, 0.2) is 6.29 Å². The van der Waals surface area contributed by atoms with E-state index in [-0.39, 0.29) is 37.0 Å². The first kappa shape index (κ1) is 32.5. The Morgan fingerprint density at radius 1 is 0.884 bits per heavy atom. The average Bonchev–Trinajstić information content (AvgIpc) is 3.05. The van der Waals surface area contributed by atoms with Gasteiger partial charge in [-0.3, -0.25) is 14.8 Å². The molecule has 0 radical (unpaired) electrons. The second-order valence-electron chi connectivity index (χ2n) is 10.4. The average molecular weight is 609 g/mol. The highest BCUT2D eigenvalue weighted by atomic mass is 32.2. The summed E-state index contributed by atoms with van der Waals surface area (Å²) >= 11 is 1.69. The molecule has 0 aromatic heterocycles. The molecule has 10 heteroatoms. The van der Waals surface area contributed by atoms with Crippen molar-refractivity contribution >= 4 is 29.3 Å². The van der Waals surface area contributed by atoms with Crippen molar-refractivity contribution in [2.45, 2.75) is 74.9 Å². The fourth-order valence-corrected chi connectivity index (χ4v) is 5.92. The first-order valence-electron chi connectivity index (χ1n) is 14.6. The van der Waals surface area contributed by atoms with E-state index < -0.39 is 6.29 Å². The molecule has 3 atom stereocenters. The zero-order valence-corrected chi connectivity index (χ0v) is 25.2. The van der Waals surface area contributed by atoms with Crippen LogP contribution >= 0.6 is 11.8 Å². The molecule has 1 aliphatic rings. The van der Waals surface area contributed by atoms with E-state index >= 15 is 0 Å². The van der Waals surface area contributed by atoms with Gasteiger partial charge in [-0.1, -0.05) is 61.4 Å². The van der Waals surface area contributed by atoms with Crippen LogP contribution < -0.4 is 15.5 Å². The van der Waals surface area contributed by atoms with Gasteiger partial charge in [0.2, 0.25) is 11.8 Å². The molecule has 4 rings (SSSR count). The molecule has 230 valence electrons. The number of para-hydroxylation sites is 1. The molecule has 43 heavy (non-hydrogen) atoms. The maximum Gasteiger partial charge on any atom is 0.243 e. The molecule has 0 aliphatic carbocycles. The molecule has 1 aliphatic heterocycles. The number of aliphatic hydroxyl groups is 1. The maximum absolute atomic E-state index is 12.4. The van der Waals surface area contributed by atoms with E-state index in [0.717, 1.165) is 46.6 Å². The van der Waals surface area contributed by atoms with Gasteiger partial charge >= 0.3 is 0 Å². The number of carbonyl (C=O) groups excluding carboxylic acids is 2. The minimum atomic E-state index is -0.586. The number of amides is 2. The number of ether oxygens (including phenoxy) is 3. The number of thioether (sulfide) groups is 1. The summed E-state index contributed by atoms with van der Waals surface area (Å²) in [6, 6.07) is 23.3. The lowest BCUT2D eigenvalue weighted by Gasteiger charge is -2.36. The molecule has 1 fully saturated rings. The van der Waals surface area contributed by atoms with E-state index in [2.05, 4.69) is 5.32 Å². The van der Waals surface area contributed by atoms with Crippen molar-refractivity contribution in [3.8, 4) is 5.75 Å². The highest BCUT2D eigenvalue weighted by molar-refractivity contribution is 7.99. The molecule has 0 spiro atoms. The number of rotatable bonds is 15. The van der Waals surface area contributed by atoms with Crippen LogP contribution in [0.15, 0.2) is 77.7 Å². The van der Waals surface area contributed by atoms with Crippen molar-refractivity contribution in [3.63, 3.8) is 0 Å². The normalized spacial score (nSPS) is 18.2. The summed E-state index contributed by atoms with van der Waals surface area (Å²) in [6.45, 7) is -0.00981. The predicted octanol–water partition coefficient (Wildman–Crippen LogP) is 6.31. The van der Waals surface area contributed by atoms with Crippen LogP contribution in [0.25, 0.3) is 0 Å². The van der Waals surface area contributed by atoms with Gasteiger partial charge < -0.3 is 24.6 Å². The summed E-state index contributed by atoms with van der Waals surface area (Å²) in [5, 5.41) is 20.9. The number of anilines is 1. The SMILES string of the molecule is COc1ccccc1SC[C@@H]1C[C@H](c2ccc(CO)cc2)O[C@H](c2ccc(NC(=O)CCCCCCC(=O)NO)cc2)O1. The first-order valence-corrected chi connectivity index (χ1v) is 15.6. The van der Waals surface area contributed by atoms with Crippen LogP contribution in [0.2, 0.25) is 0 Å². The summed E-state index contributed by atoms with van der Waals surface area (Å²) in [6.07, 6.45) is 3.55. The molecule has 1 saturated heterocycles. The van der Waals surface area contributed by atoms with Gasteiger partial charge in [0, 0.05) is 41.2 Å². The fraction of sp³-hybridized carbons (Fsp3) is 0.394. The molecule has 4 N–H and O–H groups in total. The number of aliphatic hydroxyl groups excluding tert-OH is 1. The molecule has 1 heterocycles. The van der Waals surface area contributed by atoms with Crippen molar-refractivity contribution in [1.29, 1.82) is 0 Å². The molecule has 3 aromatic carbocycles. The monoisotopic (exact) mass is 608 g/mol. The highest BCUT2D eigenvalue weighted by Gasteiger charge is 2.32. The Hall–Kier alpha value is -3.41. The third-order valence-electron chi connectivity index (χ3n) is 7.26. The van der Waals surface area contributed by atoms with Crippen LogP contribution in [-0.4, -0.2) is 41.1 Å². The Morgan fingerprint density at radius 3 is 2.23 bits per heavy atom. The van der Waals surface area contributed by atoms with Gasteiger partial charge in [-0.2, -0.15) is 0 Å². The Morgan fingerprint density at radius 2 is 1.56 bits per heavy atom. The Labute approximate surface area is 256 Å². The molecule has 9 nitrogen and oxygen atoms in total. The van der Waals surface area contributed by atoms with Crippen molar-refractivity contribution in [1.82, 2.24) is 5.48 Å². The van der Waals surface area contributed by atoms with E-state index in [0.29, 0.717) is 30.7 Å². The summed E-state index contributed by atoms with van der Waals surface area (Å²) in [7, 11) is 1.67. The van der Waals surface area contributed by atoms with E-state index in [1.165, 1.54) is 0 Å². The van der Waals surface area contributed by atoms with E-state index in [9.17, 15) is 14.7 Å². The predicted molar refractivity (Wildman–Crippen MR) is 165 cm³/mol. The fourth-order valence-electron chi connectivity index (χ4n) is 4.87. The van der Waals surface area contributed by atoms with Crippen LogP contribution in [0.4, 0.5) is 5.69 Å². The van der Waals surface area contributed by atoms with Crippen LogP contribution in [0.1, 0.15) is 74.0 Å². The van der Waals surface area contributed by atoms with Crippen LogP contribution in [0.5, 0.6) is 5.75 Å². The second kappa shape index (κ2) is 17.0. The quantitative estimate of drug-likeness (QED) is 0.0685. The van der Waals surface area contributed by atoms with Crippen molar-refractivity contribution in [2.24, 2.45) is 0 Å². The van der Waals surface area contributed by atoms with Gasteiger partial charge in [0.25, 0.3) is 0 Å². The zero-order valence-electron chi connectivity index (χ0n) is 24.4. The minimum Gasteiger partial charge on any atom is -0.496 e. The third kappa shape index (κ3) is 10.1. The van der Waals surface area contributed by atoms with Crippen molar-refractivity contribution in [3.05, 3.63) is 89.5 Å². The van der Waals surface area contributed by atoms with Gasteiger partial charge in [0.1, 0.15) is 5.75 Å². The van der Waals surface area contributed by atoms with Gasteiger partial charge in [-0.25, -0.2) is 5.48 Å². The van der Waals surface area contributed by atoms with Crippen LogP contribution in [0, 0.1) is 0 Å². The Balaban J connectivity index is 1.36. The maximum atomic E-state index is 12.4. The second-order valence-corrected chi connectivity index (χ2v) is 11.5. The molecule has 0 unspecified atom stereocenters. The van der Waals surface area contributed by atoms with E-state index in [1.54, 1.807) is 24.4 Å². The Kier molecular flexibility index (Phi) is 12.9. The number of nitrogens with one attached hydrogen (secondary N) is 2. The standard InChI is InChI=1S/C33H40N2O7S/c1-40-28-8-6-7-9-30(28)43-22-27-20-29(24-14-12-23(21-36)13-15-24)42-33(41-27)25-16-18-26(19-17-25)34-31(37)10-4-2-3-5-11-32(38)35-39/h6-9,12-19,27,29,33,36,39H,2-5,10-11,20-22H2,1H3,(H,34,37)(H,35,38)/t27-,29+,33+/m0/s1. The molecule has 0 saturated carbocycles. The summed E-state index contributed by atoms with van der Waals surface area (Å²) in [5.74, 6) is 1.09. The molecule has 3 aromatic rings. The lowest BCUT2D eigenvalue weighted by molar-refractivity contribution is -0.245. The van der Waals surface area contributed by atoms with Crippen LogP contribution in [0.3, 0.4) is 0 Å². The summed E-state index contributed by atoms with van der Waals surface area (Å²) in [4.78, 5) is 24.5. The third-order valence-corrected chi connectivity index (χ3v) is 8.44. The van der Waals surface area contributed by atoms with Gasteiger partial charge in [-0.05, 0) is 48.2 Å². The Bertz CT molecular complexity index is 1300. The molecule has 0 bridgehead atoms. The number of hydrogen-bond acceptors (Lipinski definition) is 8. The highest BCUT2D eigenvalue weighted by Crippen LogP contribution is 2.40. The van der Waals surface area contributed by atoms with E-state index in [4.69, 9.17) is 19.4 Å². The molecule has 2 amide bonds. The first-order chi connectivity index (χ1) is 21.0. The number of hydrogen-bond donors (Lipinski definition) is 4. The smallest absolute Gasteiger partial charge is 0.243 e. The largest absolute Gasteiger partial charge is 0.496 e. The van der Waals surface area contributed by atoms with Crippen molar-refractivity contribution < 1.29 is 34.1 Å². The van der Waals surface area contributed by atoms with Gasteiger partial charge in [0.05, 0.1) is 25.9 Å². The lowest BCUT2D eigenvalue weighted by Crippen LogP contribution is -2.31. The zero-order chi connectivity index (χ0) is 30.4. The number of methoxy groups -OCH3 is 1. The number of benzene rings is 3. The topological polar surface area (TPSA) is 126 Å². The summed E-state index contributed by atoms with van der Waals surface area (Å²) in [5.41, 5.74) is 5.05.